The van der Waals surface area contributed by atoms with Gasteiger partial charge in [-0.15, -0.1) is 0 Å². The largest absolute Gasteiger partial charge is 0.461 e. The number of nitrogens with zero attached hydrogens (tertiary/aromatic N) is 1. The maximum atomic E-state index is 12.6. The van der Waals surface area contributed by atoms with Gasteiger partial charge in [0.05, 0.1) is 18.4 Å². The smallest absolute Gasteiger partial charge is 0.224 e. The van der Waals surface area contributed by atoms with E-state index in [1.165, 1.54) is 0 Å². The maximum absolute atomic E-state index is 12.6. The van der Waals surface area contributed by atoms with E-state index in [9.17, 15) is 4.79 Å². The highest BCUT2D eigenvalue weighted by atomic mass is 16.3. The number of carbonyl (C=O) groups excluding carboxylic acids is 1. The number of hydrogen-bond acceptors (Lipinski definition) is 4. The molecule has 5 heteroatoms. The molecule has 0 radical (unpaired) electrons. The van der Waals surface area contributed by atoms with Crippen molar-refractivity contribution in [2.45, 2.75) is 18.4 Å². The summed E-state index contributed by atoms with van der Waals surface area (Å²) in [7, 11) is 4.01. The van der Waals surface area contributed by atoms with E-state index in [0.29, 0.717) is 6.42 Å². The van der Waals surface area contributed by atoms with Crippen LogP contribution in [0.15, 0.2) is 59.0 Å². The summed E-state index contributed by atoms with van der Waals surface area (Å²) in [5.41, 5.74) is 3.04. The Morgan fingerprint density at radius 3 is 2.67 bits per heavy atom. The van der Waals surface area contributed by atoms with Crippen LogP contribution in [0, 0.1) is 0 Å². The van der Waals surface area contributed by atoms with Gasteiger partial charge >= 0.3 is 0 Å². The Morgan fingerprint density at radius 2 is 1.93 bits per heavy atom. The van der Waals surface area contributed by atoms with Crippen LogP contribution in [0.25, 0.3) is 11.0 Å². The number of benzene rings is 2. The zero-order valence-electron chi connectivity index (χ0n) is 15.7. The van der Waals surface area contributed by atoms with E-state index >= 15 is 0 Å². The molecule has 0 bridgehead atoms. The number of hydrogen-bond donors (Lipinski definition) is 2. The average molecular weight is 363 g/mol. The Balaban J connectivity index is 1.42. The van der Waals surface area contributed by atoms with Crippen molar-refractivity contribution in [1.29, 1.82) is 0 Å². The lowest BCUT2D eigenvalue weighted by atomic mass is 10.00. The SMILES string of the molecule is CN(C)c1ccc(CC(=O)N[C@@H]2CNC[C@H]2c2cc3ccccc3o2)cc1. The molecule has 1 aromatic heterocycles. The molecule has 1 aliphatic rings. The molecule has 2 aromatic carbocycles. The van der Waals surface area contributed by atoms with E-state index in [0.717, 1.165) is 41.1 Å². The van der Waals surface area contributed by atoms with E-state index in [1.54, 1.807) is 0 Å². The first-order valence-corrected chi connectivity index (χ1v) is 9.35. The fourth-order valence-electron chi connectivity index (χ4n) is 3.67. The highest BCUT2D eigenvalue weighted by Crippen LogP contribution is 2.29. The molecule has 0 unspecified atom stereocenters. The van der Waals surface area contributed by atoms with Crippen LogP contribution >= 0.6 is 0 Å². The molecule has 5 nitrogen and oxygen atoms in total. The van der Waals surface area contributed by atoms with E-state index < -0.39 is 0 Å². The lowest BCUT2D eigenvalue weighted by Crippen LogP contribution is -2.40. The van der Waals surface area contributed by atoms with Crippen molar-refractivity contribution >= 4 is 22.6 Å². The third-order valence-electron chi connectivity index (χ3n) is 5.19. The van der Waals surface area contributed by atoms with Crippen LogP contribution in [-0.4, -0.2) is 39.1 Å². The van der Waals surface area contributed by atoms with Crippen LogP contribution in [-0.2, 0) is 11.2 Å². The molecule has 27 heavy (non-hydrogen) atoms. The summed E-state index contributed by atoms with van der Waals surface area (Å²) in [4.78, 5) is 14.6. The van der Waals surface area contributed by atoms with Gasteiger partial charge in [0.2, 0.25) is 5.91 Å². The van der Waals surface area contributed by atoms with Crippen LogP contribution in [0.1, 0.15) is 17.2 Å². The van der Waals surface area contributed by atoms with Crippen molar-refractivity contribution in [3.05, 3.63) is 65.9 Å². The first-order chi connectivity index (χ1) is 13.1. The van der Waals surface area contributed by atoms with Gasteiger partial charge in [-0.05, 0) is 29.8 Å². The number of fused-ring (bicyclic) bond motifs is 1. The molecule has 1 fully saturated rings. The van der Waals surface area contributed by atoms with Crippen molar-refractivity contribution in [2.75, 3.05) is 32.1 Å². The molecular formula is C22H25N3O2. The third-order valence-corrected chi connectivity index (χ3v) is 5.19. The molecule has 2 N–H and O–H groups in total. The van der Waals surface area contributed by atoms with Crippen LogP contribution < -0.4 is 15.5 Å². The van der Waals surface area contributed by atoms with Gasteiger partial charge in [0, 0.05) is 38.3 Å². The number of amides is 1. The highest BCUT2D eigenvalue weighted by Gasteiger charge is 2.32. The third kappa shape index (κ3) is 3.83. The molecule has 140 valence electrons. The molecule has 4 rings (SSSR count). The Morgan fingerprint density at radius 1 is 1.15 bits per heavy atom. The van der Waals surface area contributed by atoms with Gasteiger partial charge in [0.15, 0.2) is 0 Å². The minimum Gasteiger partial charge on any atom is -0.461 e. The quantitative estimate of drug-likeness (QED) is 0.732. The molecule has 0 aliphatic carbocycles. The van der Waals surface area contributed by atoms with E-state index in [2.05, 4.69) is 22.8 Å². The fourth-order valence-corrected chi connectivity index (χ4v) is 3.67. The van der Waals surface area contributed by atoms with Crippen molar-refractivity contribution < 1.29 is 9.21 Å². The number of rotatable bonds is 5. The zero-order valence-corrected chi connectivity index (χ0v) is 15.7. The van der Waals surface area contributed by atoms with Crippen LogP contribution in [0.2, 0.25) is 0 Å². The summed E-state index contributed by atoms with van der Waals surface area (Å²) in [6.45, 7) is 1.56. The molecule has 2 heterocycles. The zero-order chi connectivity index (χ0) is 18.8. The predicted octanol–water partition coefficient (Wildman–Crippen LogP) is 2.91. The van der Waals surface area contributed by atoms with Crippen molar-refractivity contribution in [2.24, 2.45) is 0 Å². The Bertz CT molecular complexity index is 897. The van der Waals surface area contributed by atoms with Gasteiger partial charge in [-0.2, -0.15) is 0 Å². The van der Waals surface area contributed by atoms with E-state index in [-0.39, 0.29) is 17.9 Å². The Hall–Kier alpha value is -2.79. The summed E-state index contributed by atoms with van der Waals surface area (Å²) < 4.78 is 6.02. The van der Waals surface area contributed by atoms with Crippen LogP contribution in [0.3, 0.4) is 0 Å². The summed E-state index contributed by atoms with van der Waals surface area (Å²) in [5, 5.41) is 7.66. The molecule has 1 amide bonds. The lowest BCUT2D eigenvalue weighted by Gasteiger charge is -2.18. The highest BCUT2D eigenvalue weighted by molar-refractivity contribution is 5.80. The summed E-state index contributed by atoms with van der Waals surface area (Å²) in [6, 6.07) is 18.2. The number of carbonyl (C=O) groups is 1. The second-order valence-electron chi connectivity index (χ2n) is 7.36. The molecule has 3 aromatic rings. The minimum atomic E-state index is 0.0408. The number of anilines is 1. The van der Waals surface area contributed by atoms with Crippen molar-refractivity contribution in [1.82, 2.24) is 10.6 Å². The van der Waals surface area contributed by atoms with E-state index in [1.807, 2.05) is 61.5 Å². The van der Waals surface area contributed by atoms with Crippen molar-refractivity contribution in [3.8, 4) is 0 Å². The first kappa shape index (κ1) is 17.6. The molecule has 0 spiro atoms. The van der Waals surface area contributed by atoms with Gasteiger partial charge in [-0.3, -0.25) is 4.79 Å². The molecule has 1 aliphatic heterocycles. The second-order valence-corrected chi connectivity index (χ2v) is 7.36. The van der Waals surface area contributed by atoms with Crippen LogP contribution in [0.4, 0.5) is 5.69 Å². The fraction of sp³-hybridized carbons (Fsp3) is 0.318. The van der Waals surface area contributed by atoms with Crippen LogP contribution in [0.5, 0.6) is 0 Å². The summed E-state index contributed by atoms with van der Waals surface area (Å²) in [6.07, 6.45) is 0.386. The minimum absolute atomic E-state index is 0.0408. The van der Waals surface area contributed by atoms with Crippen molar-refractivity contribution in [3.63, 3.8) is 0 Å². The topological polar surface area (TPSA) is 57.5 Å². The molecular weight excluding hydrogens is 338 g/mol. The molecule has 2 atom stereocenters. The normalized spacial score (nSPS) is 19.3. The monoisotopic (exact) mass is 363 g/mol. The van der Waals surface area contributed by atoms with Gasteiger partial charge in [-0.25, -0.2) is 0 Å². The molecule has 0 saturated carbocycles. The van der Waals surface area contributed by atoms with Gasteiger partial charge in [0.25, 0.3) is 0 Å². The first-order valence-electron chi connectivity index (χ1n) is 9.35. The number of nitrogens with one attached hydrogen (secondary N) is 2. The maximum Gasteiger partial charge on any atom is 0.224 e. The Labute approximate surface area is 159 Å². The summed E-state index contributed by atoms with van der Waals surface area (Å²) in [5.74, 6) is 1.13. The summed E-state index contributed by atoms with van der Waals surface area (Å²) >= 11 is 0. The number of para-hydroxylation sites is 1. The van der Waals surface area contributed by atoms with Gasteiger partial charge in [-0.1, -0.05) is 30.3 Å². The standard InChI is InChI=1S/C22H25N3O2/c1-25(2)17-9-7-15(8-10-17)11-22(26)24-19-14-23-13-18(19)21-12-16-5-3-4-6-20(16)27-21/h3-10,12,18-19,23H,11,13-14H2,1-2H3,(H,24,26)/t18-,19-/m1/s1. The van der Waals surface area contributed by atoms with Gasteiger partial charge < -0.3 is 20.0 Å². The average Bonchev–Trinajstić information content (AvgIpc) is 3.28. The van der Waals surface area contributed by atoms with E-state index in [4.69, 9.17) is 4.42 Å². The van der Waals surface area contributed by atoms with Gasteiger partial charge in [0.1, 0.15) is 11.3 Å². The second kappa shape index (κ2) is 7.45. The lowest BCUT2D eigenvalue weighted by molar-refractivity contribution is -0.121. The molecule has 1 saturated heterocycles. The number of furan rings is 1. The predicted molar refractivity (Wildman–Crippen MR) is 108 cm³/mol. The Kier molecular flexibility index (Phi) is 4.86.